The van der Waals surface area contributed by atoms with Crippen molar-refractivity contribution in [1.82, 2.24) is 10.3 Å². The average Bonchev–Trinajstić information content (AvgIpc) is 3.20. The first-order chi connectivity index (χ1) is 10.2. The van der Waals surface area contributed by atoms with Crippen molar-refractivity contribution in [2.24, 2.45) is 11.7 Å². The number of nitrogens with one attached hydrogen (secondary N) is 1. The minimum Gasteiger partial charge on any atom is -0.346 e. The Hall–Kier alpha value is -1.43. The molecule has 2 aromatic rings. The first-order valence-corrected chi connectivity index (χ1v) is 8.15. The maximum absolute atomic E-state index is 12.2. The number of halogens is 1. The van der Waals surface area contributed by atoms with Gasteiger partial charge in [0.1, 0.15) is 10.7 Å². The fourth-order valence-corrected chi connectivity index (χ4v) is 3.23. The minimum atomic E-state index is -0.151. The molecule has 4 nitrogen and oxygen atoms in total. The van der Waals surface area contributed by atoms with Crippen LogP contribution < -0.4 is 11.1 Å². The molecule has 110 valence electrons. The van der Waals surface area contributed by atoms with Crippen molar-refractivity contribution in [3.8, 4) is 10.6 Å². The summed E-state index contributed by atoms with van der Waals surface area (Å²) >= 11 is 7.41. The van der Waals surface area contributed by atoms with E-state index < -0.39 is 0 Å². The molecule has 0 radical (unpaired) electrons. The van der Waals surface area contributed by atoms with Gasteiger partial charge in [-0.15, -0.1) is 11.3 Å². The van der Waals surface area contributed by atoms with Crippen molar-refractivity contribution in [2.45, 2.75) is 18.9 Å². The van der Waals surface area contributed by atoms with Crippen molar-refractivity contribution < 1.29 is 4.79 Å². The Kier molecular flexibility index (Phi) is 4.24. The number of thiazole rings is 1. The van der Waals surface area contributed by atoms with Gasteiger partial charge in [-0.1, -0.05) is 23.7 Å². The zero-order chi connectivity index (χ0) is 14.8. The number of hydrogen-bond donors (Lipinski definition) is 2. The fourth-order valence-electron chi connectivity index (χ4n) is 2.24. The van der Waals surface area contributed by atoms with Crippen LogP contribution in [0.2, 0.25) is 5.02 Å². The molecule has 0 saturated heterocycles. The van der Waals surface area contributed by atoms with E-state index in [2.05, 4.69) is 10.3 Å². The summed E-state index contributed by atoms with van der Waals surface area (Å²) in [6.07, 6.45) is 2.29. The summed E-state index contributed by atoms with van der Waals surface area (Å²) < 4.78 is 0. The molecule has 1 fully saturated rings. The molecule has 3 rings (SSSR count). The van der Waals surface area contributed by atoms with Gasteiger partial charge >= 0.3 is 0 Å². The topological polar surface area (TPSA) is 68.0 Å². The van der Waals surface area contributed by atoms with Gasteiger partial charge in [0, 0.05) is 28.6 Å². The highest BCUT2D eigenvalue weighted by Gasteiger charge is 2.31. The molecule has 1 aromatic carbocycles. The van der Waals surface area contributed by atoms with E-state index in [1.165, 1.54) is 11.3 Å². The fraction of sp³-hybridized carbons (Fsp3) is 0.333. The number of nitrogens with two attached hydrogens (primary N) is 1. The smallest absolute Gasteiger partial charge is 0.271 e. The van der Waals surface area contributed by atoms with E-state index in [1.807, 2.05) is 24.3 Å². The number of carbonyl (C=O) groups is 1. The predicted molar refractivity (Wildman–Crippen MR) is 85.6 cm³/mol. The van der Waals surface area contributed by atoms with Crippen LogP contribution in [0.25, 0.3) is 10.6 Å². The maximum atomic E-state index is 12.2. The van der Waals surface area contributed by atoms with Gasteiger partial charge in [0.2, 0.25) is 0 Å². The van der Waals surface area contributed by atoms with Crippen LogP contribution in [0.1, 0.15) is 23.3 Å². The molecule has 1 aromatic heterocycles. The number of aromatic nitrogens is 1. The molecule has 0 spiro atoms. The van der Waals surface area contributed by atoms with Crippen LogP contribution in [0.3, 0.4) is 0 Å². The first-order valence-electron chi connectivity index (χ1n) is 6.90. The maximum Gasteiger partial charge on any atom is 0.271 e. The number of amides is 1. The van der Waals surface area contributed by atoms with Crippen molar-refractivity contribution in [3.05, 3.63) is 40.4 Å². The summed E-state index contributed by atoms with van der Waals surface area (Å²) in [4.78, 5) is 16.6. The highest BCUT2D eigenvalue weighted by Crippen LogP contribution is 2.32. The number of carbonyl (C=O) groups excluding carboxylic acids is 1. The Bertz CT molecular complexity index is 654. The van der Waals surface area contributed by atoms with Crippen LogP contribution in [0, 0.1) is 5.92 Å². The Morgan fingerprint density at radius 3 is 3.00 bits per heavy atom. The molecule has 1 aliphatic carbocycles. The lowest BCUT2D eigenvalue weighted by atomic mass is 10.2. The molecule has 1 amide bonds. The molecule has 0 aliphatic heterocycles. The average molecular weight is 322 g/mol. The van der Waals surface area contributed by atoms with Crippen LogP contribution in [-0.2, 0) is 0 Å². The van der Waals surface area contributed by atoms with Gasteiger partial charge in [-0.3, -0.25) is 4.79 Å². The Morgan fingerprint density at radius 1 is 1.52 bits per heavy atom. The van der Waals surface area contributed by atoms with Crippen molar-refractivity contribution in [2.75, 3.05) is 6.54 Å². The van der Waals surface area contributed by atoms with Gasteiger partial charge in [0.05, 0.1) is 0 Å². The van der Waals surface area contributed by atoms with Gasteiger partial charge in [0.25, 0.3) is 5.91 Å². The summed E-state index contributed by atoms with van der Waals surface area (Å²) in [6, 6.07) is 7.52. The van der Waals surface area contributed by atoms with E-state index >= 15 is 0 Å². The van der Waals surface area contributed by atoms with Crippen LogP contribution in [-0.4, -0.2) is 23.5 Å². The zero-order valence-electron chi connectivity index (χ0n) is 11.4. The third-order valence-electron chi connectivity index (χ3n) is 3.57. The molecule has 21 heavy (non-hydrogen) atoms. The quantitative estimate of drug-likeness (QED) is 0.889. The summed E-state index contributed by atoms with van der Waals surface area (Å²) in [5, 5.41) is 6.19. The normalized spacial score (nSPS) is 15.7. The lowest BCUT2D eigenvalue weighted by Gasteiger charge is -2.14. The molecular formula is C15H16ClN3OS. The van der Waals surface area contributed by atoms with E-state index in [-0.39, 0.29) is 11.9 Å². The molecule has 1 heterocycles. The van der Waals surface area contributed by atoms with E-state index in [1.54, 1.807) is 5.38 Å². The van der Waals surface area contributed by atoms with E-state index in [4.69, 9.17) is 17.3 Å². The zero-order valence-corrected chi connectivity index (χ0v) is 13.0. The van der Waals surface area contributed by atoms with Gasteiger partial charge in [-0.2, -0.15) is 0 Å². The second-order valence-electron chi connectivity index (χ2n) is 5.20. The second kappa shape index (κ2) is 6.13. The van der Waals surface area contributed by atoms with Crippen molar-refractivity contribution in [3.63, 3.8) is 0 Å². The number of rotatable bonds is 5. The van der Waals surface area contributed by atoms with Crippen LogP contribution in [0.4, 0.5) is 0 Å². The van der Waals surface area contributed by atoms with Gasteiger partial charge in [-0.05, 0) is 30.9 Å². The van der Waals surface area contributed by atoms with Crippen molar-refractivity contribution in [1.29, 1.82) is 0 Å². The van der Waals surface area contributed by atoms with Crippen molar-refractivity contribution >= 4 is 28.8 Å². The molecule has 1 aliphatic rings. The molecule has 6 heteroatoms. The van der Waals surface area contributed by atoms with E-state index in [9.17, 15) is 4.79 Å². The standard InChI is InChI=1S/C15H16ClN3OS/c16-11-3-1-2-10(6-11)15-19-13(8-21-15)14(20)18-12(7-17)9-4-5-9/h1-3,6,8-9,12H,4-5,7,17H2,(H,18,20). The van der Waals surface area contributed by atoms with Gasteiger partial charge < -0.3 is 11.1 Å². The Labute approximate surface area is 132 Å². The van der Waals surface area contributed by atoms with Gasteiger partial charge in [-0.25, -0.2) is 4.98 Å². The third kappa shape index (κ3) is 3.43. The summed E-state index contributed by atoms with van der Waals surface area (Å²) in [6.45, 7) is 0.474. The minimum absolute atomic E-state index is 0.0637. The molecule has 3 N–H and O–H groups in total. The second-order valence-corrected chi connectivity index (χ2v) is 6.50. The summed E-state index contributed by atoms with van der Waals surface area (Å²) in [5.41, 5.74) is 7.07. The third-order valence-corrected chi connectivity index (χ3v) is 4.70. The molecule has 0 bridgehead atoms. The highest BCUT2D eigenvalue weighted by atomic mass is 35.5. The number of benzene rings is 1. The summed E-state index contributed by atoms with van der Waals surface area (Å²) in [5.74, 6) is 0.381. The van der Waals surface area contributed by atoms with E-state index in [0.29, 0.717) is 23.2 Å². The lowest BCUT2D eigenvalue weighted by molar-refractivity contribution is 0.0929. The monoisotopic (exact) mass is 321 g/mol. The molecular weight excluding hydrogens is 306 g/mol. The SMILES string of the molecule is NCC(NC(=O)c1csc(-c2cccc(Cl)c2)n1)C1CC1. The van der Waals surface area contributed by atoms with Crippen LogP contribution >= 0.6 is 22.9 Å². The van der Waals surface area contributed by atoms with Gasteiger partial charge in [0.15, 0.2) is 0 Å². The molecule has 1 atom stereocenters. The predicted octanol–water partition coefficient (Wildman–Crippen LogP) is 2.93. The summed E-state index contributed by atoms with van der Waals surface area (Å²) in [7, 11) is 0. The molecule has 1 saturated carbocycles. The number of hydrogen-bond acceptors (Lipinski definition) is 4. The van der Waals surface area contributed by atoms with Crippen LogP contribution in [0.15, 0.2) is 29.6 Å². The lowest BCUT2D eigenvalue weighted by Crippen LogP contribution is -2.41. The Morgan fingerprint density at radius 2 is 2.33 bits per heavy atom. The largest absolute Gasteiger partial charge is 0.346 e. The Balaban J connectivity index is 1.73. The molecule has 1 unspecified atom stereocenters. The number of nitrogens with zero attached hydrogens (tertiary/aromatic N) is 1. The first kappa shape index (κ1) is 14.5. The van der Waals surface area contributed by atoms with Crippen LogP contribution in [0.5, 0.6) is 0 Å². The highest BCUT2D eigenvalue weighted by molar-refractivity contribution is 7.13. The van der Waals surface area contributed by atoms with E-state index in [0.717, 1.165) is 23.4 Å².